The van der Waals surface area contributed by atoms with Crippen molar-refractivity contribution >= 4 is 17.6 Å². The molecule has 0 atom stereocenters. The van der Waals surface area contributed by atoms with Crippen molar-refractivity contribution in [3.63, 3.8) is 0 Å². The second kappa shape index (κ2) is 10.1. The third-order valence-electron chi connectivity index (χ3n) is 5.39. The maximum absolute atomic E-state index is 12.9. The van der Waals surface area contributed by atoms with Crippen molar-refractivity contribution in [3.05, 3.63) is 82.2 Å². The van der Waals surface area contributed by atoms with Crippen molar-refractivity contribution in [2.75, 3.05) is 5.32 Å². The molecule has 1 amide bonds. The van der Waals surface area contributed by atoms with Gasteiger partial charge in [-0.2, -0.15) is 5.10 Å². The molecule has 0 aliphatic carbocycles. The molecule has 2 aromatic carbocycles. The van der Waals surface area contributed by atoms with Gasteiger partial charge in [0.05, 0.1) is 12.2 Å². The lowest BCUT2D eigenvalue weighted by molar-refractivity contribution is 0.0976. The number of guanidine groups is 1. The SMILES string of the molecule is CCCn1cc(CN=C(NC(=O)c2ccccc2C)Nc2cccc(C)c2C)c(C)n1. The normalized spacial score (nSPS) is 11.5. The van der Waals surface area contributed by atoms with Gasteiger partial charge in [-0.15, -0.1) is 0 Å². The van der Waals surface area contributed by atoms with E-state index < -0.39 is 0 Å². The molecule has 1 heterocycles. The fourth-order valence-corrected chi connectivity index (χ4v) is 3.35. The fraction of sp³-hybridized carbons (Fsp3) is 0.320. The summed E-state index contributed by atoms with van der Waals surface area (Å²) < 4.78 is 1.95. The summed E-state index contributed by atoms with van der Waals surface area (Å²) in [6, 6.07) is 13.6. The lowest BCUT2D eigenvalue weighted by Gasteiger charge is -2.15. The quantitative estimate of drug-likeness (QED) is 0.441. The number of anilines is 1. The monoisotopic (exact) mass is 417 g/mol. The lowest BCUT2D eigenvalue weighted by Crippen LogP contribution is -2.36. The molecule has 3 rings (SSSR count). The summed E-state index contributed by atoms with van der Waals surface area (Å²) in [7, 11) is 0. The van der Waals surface area contributed by atoms with Crippen LogP contribution in [-0.2, 0) is 13.1 Å². The second-order valence-corrected chi connectivity index (χ2v) is 7.81. The molecule has 31 heavy (non-hydrogen) atoms. The Morgan fingerprint density at radius 2 is 1.77 bits per heavy atom. The van der Waals surface area contributed by atoms with Crippen LogP contribution in [0.2, 0.25) is 0 Å². The predicted molar refractivity (Wildman–Crippen MR) is 127 cm³/mol. The minimum absolute atomic E-state index is 0.187. The van der Waals surface area contributed by atoms with Crippen molar-refractivity contribution in [1.82, 2.24) is 15.1 Å². The van der Waals surface area contributed by atoms with Crippen LogP contribution >= 0.6 is 0 Å². The largest absolute Gasteiger partial charge is 0.326 e. The number of nitrogens with zero attached hydrogens (tertiary/aromatic N) is 3. The molecule has 6 heteroatoms. The van der Waals surface area contributed by atoms with E-state index in [0.29, 0.717) is 18.1 Å². The molecular weight excluding hydrogens is 386 g/mol. The van der Waals surface area contributed by atoms with Crippen LogP contribution in [0.3, 0.4) is 0 Å². The predicted octanol–water partition coefficient (Wildman–Crippen LogP) is 4.92. The highest BCUT2D eigenvalue weighted by atomic mass is 16.1. The van der Waals surface area contributed by atoms with Crippen LogP contribution < -0.4 is 10.6 Å². The van der Waals surface area contributed by atoms with Crippen LogP contribution in [0, 0.1) is 27.7 Å². The number of hydrogen-bond acceptors (Lipinski definition) is 3. The average Bonchev–Trinajstić information content (AvgIpc) is 3.09. The molecule has 0 unspecified atom stereocenters. The number of hydrogen-bond donors (Lipinski definition) is 2. The Morgan fingerprint density at radius 1 is 1.03 bits per heavy atom. The van der Waals surface area contributed by atoms with Crippen molar-refractivity contribution < 1.29 is 4.79 Å². The molecule has 6 nitrogen and oxygen atoms in total. The van der Waals surface area contributed by atoms with E-state index in [1.165, 1.54) is 5.56 Å². The van der Waals surface area contributed by atoms with Gasteiger partial charge in [-0.25, -0.2) is 4.99 Å². The van der Waals surface area contributed by atoms with Crippen molar-refractivity contribution in [2.24, 2.45) is 4.99 Å². The topological polar surface area (TPSA) is 71.3 Å². The Labute approximate surface area is 184 Å². The van der Waals surface area contributed by atoms with Gasteiger partial charge in [0.2, 0.25) is 5.96 Å². The zero-order valence-electron chi connectivity index (χ0n) is 19.0. The molecule has 1 aromatic heterocycles. The first-order valence-electron chi connectivity index (χ1n) is 10.7. The first-order chi connectivity index (χ1) is 14.9. The maximum atomic E-state index is 12.9. The summed E-state index contributed by atoms with van der Waals surface area (Å²) in [6.07, 6.45) is 3.05. The Hall–Kier alpha value is -3.41. The molecule has 2 N–H and O–H groups in total. The van der Waals surface area contributed by atoms with Crippen LogP contribution in [0.15, 0.2) is 53.7 Å². The van der Waals surface area contributed by atoms with Crippen molar-refractivity contribution in [1.29, 1.82) is 0 Å². The lowest BCUT2D eigenvalue weighted by atomic mass is 10.1. The molecule has 162 valence electrons. The molecule has 3 aromatic rings. The van der Waals surface area contributed by atoms with Crippen LogP contribution in [0.5, 0.6) is 0 Å². The molecule has 0 bridgehead atoms. The van der Waals surface area contributed by atoms with E-state index in [9.17, 15) is 4.79 Å². The van der Waals surface area contributed by atoms with Gasteiger partial charge in [0, 0.05) is 29.6 Å². The van der Waals surface area contributed by atoms with E-state index >= 15 is 0 Å². The number of aliphatic imine (C=N–C) groups is 1. The van der Waals surface area contributed by atoms with Gasteiger partial charge in [-0.05, 0) is 62.9 Å². The van der Waals surface area contributed by atoms with Crippen molar-refractivity contribution in [2.45, 2.75) is 54.1 Å². The number of nitrogens with one attached hydrogen (secondary N) is 2. The fourth-order valence-electron chi connectivity index (χ4n) is 3.35. The molecule has 0 radical (unpaired) electrons. The zero-order chi connectivity index (χ0) is 22.4. The van der Waals surface area contributed by atoms with Crippen molar-refractivity contribution in [3.8, 4) is 0 Å². The Kier molecular flexibility index (Phi) is 7.23. The van der Waals surface area contributed by atoms with E-state index in [1.807, 2.05) is 61.1 Å². The van der Waals surface area contributed by atoms with Gasteiger partial charge in [0.25, 0.3) is 5.91 Å². The summed E-state index contributed by atoms with van der Waals surface area (Å²) >= 11 is 0. The third kappa shape index (κ3) is 5.60. The number of aromatic nitrogens is 2. The number of rotatable bonds is 6. The molecular formula is C25H31N5O. The van der Waals surface area contributed by atoms with E-state index in [4.69, 9.17) is 4.99 Å². The smallest absolute Gasteiger partial charge is 0.258 e. The summed E-state index contributed by atoms with van der Waals surface area (Å²) in [5.41, 5.74) is 6.75. The Balaban J connectivity index is 1.88. The molecule has 0 saturated carbocycles. The summed E-state index contributed by atoms with van der Waals surface area (Å²) in [4.78, 5) is 17.6. The minimum Gasteiger partial charge on any atom is -0.326 e. The number of aryl methyl sites for hydroxylation is 4. The van der Waals surface area contributed by atoms with E-state index in [1.54, 1.807) is 0 Å². The summed E-state index contributed by atoms with van der Waals surface area (Å²) in [6.45, 7) is 11.5. The molecule has 0 aliphatic heterocycles. The Morgan fingerprint density at radius 3 is 2.52 bits per heavy atom. The average molecular weight is 418 g/mol. The van der Waals surface area contributed by atoms with Gasteiger partial charge < -0.3 is 5.32 Å². The highest BCUT2D eigenvalue weighted by molar-refractivity contribution is 6.10. The highest BCUT2D eigenvalue weighted by Gasteiger charge is 2.13. The molecule has 0 aliphatic rings. The van der Waals surface area contributed by atoms with Crippen LogP contribution in [0.1, 0.15) is 51.7 Å². The number of carbonyl (C=O) groups excluding carboxylic acids is 1. The van der Waals surface area contributed by atoms with Gasteiger partial charge in [0.15, 0.2) is 0 Å². The molecule has 0 spiro atoms. The third-order valence-corrected chi connectivity index (χ3v) is 5.39. The number of amides is 1. The first-order valence-corrected chi connectivity index (χ1v) is 10.7. The summed E-state index contributed by atoms with van der Waals surface area (Å²) in [5, 5.41) is 10.8. The van der Waals surface area contributed by atoms with Crippen LogP contribution in [-0.4, -0.2) is 21.6 Å². The standard InChI is InChI=1S/C25H31N5O/c1-6-14-30-16-21(20(5)29-30)15-26-25(27-23-13-9-11-17(2)19(23)4)28-24(31)22-12-8-7-10-18(22)3/h7-13,16H,6,14-15H2,1-5H3,(H2,26,27,28,31). The number of carbonyl (C=O) groups is 1. The minimum atomic E-state index is -0.187. The van der Waals surface area contributed by atoms with E-state index in [-0.39, 0.29) is 5.91 Å². The van der Waals surface area contributed by atoms with Gasteiger partial charge in [0.1, 0.15) is 0 Å². The first kappa shape index (κ1) is 22.3. The van der Waals surface area contributed by atoms with E-state index in [0.717, 1.165) is 41.0 Å². The van der Waals surface area contributed by atoms with Crippen LogP contribution in [0.25, 0.3) is 0 Å². The Bertz CT molecular complexity index is 1100. The van der Waals surface area contributed by atoms with E-state index in [2.05, 4.69) is 42.6 Å². The molecule has 0 saturated heterocycles. The summed E-state index contributed by atoms with van der Waals surface area (Å²) in [5.74, 6) is 0.234. The zero-order valence-corrected chi connectivity index (χ0v) is 19.0. The second-order valence-electron chi connectivity index (χ2n) is 7.81. The highest BCUT2D eigenvalue weighted by Crippen LogP contribution is 2.18. The van der Waals surface area contributed by atoms with Gasteiger partial charge >= 0.3 is 0 Å². The molecule has 0 fully saturated rings. The van der Waals surface area contributed by atoms with Gasteiger partial charge in [-0.3, -0.25) is 14.8 Å². The number of benzene rings is 2. The maximum Gasteiger partial charge on any atom is 0.258 e. The van der Waals surface area contributed by atoms with Gasteiger partial charge in [-0.1, -0.05) is 37.3 Å². The van der Waals surface area contributed by atoms with Crippen LogP contribution in [0.4, 0.5) is 5.69 Å².